The molecule has 0 spiro atoms. The van der Waals surface area contributed by atoms with Gasteiger partial charge in [0.05, 0.1) is 11.0 Å². The van der Waals surface area contributed by atoms with Crippen molar-refractivity contribution in [3.8, 4) is 0 Å². The largest absolute Gasteiger partial charge is 0.477 e. The number of nitrogens with one attached hydrogen (secondary N) is 1. The zero-order valence-corrected chi connectivity index (χ0v) is 15.9. The van der Waals surface area contributed by atoms with E-state index in [1.807, 2.05) is 30.3 Å². The van der Waals surface area contributed by atoms with E-state index in [9.17, 15) is 9.90 Å². The Balaban J connectivity index is 1.60. The van der Waals surface area contributed by atoms with Gasteiger partial charge in [0, 0.05) is 18.8 Å². The molecule has 1 saturated heterocycles. The van der Waals surface area contributed by atoms with Gasteiger partial charge in [-0.3, -0.25) is 0 Å². The van der Waals surface area contributed by atoms with Crippen LogP contribution in [0, 0.1) is 6.92 Å². The van der Waals surface area contributed by atoms with Crippen LogP contribution in [0.5, 0.6) is 0 Å². The molecule has 0 saturated carbocycles. The summed E-state index contributed by atoms with van der Waals surface area (Å²) in [6.45, 7) is 4.27. The first-order valence-corrected chi connectivity index (χ1v) is 9.85. The van der Waals surface area contributed by atoms with Crippen LogP contribution in [0.1, 0.15) is 24.0 Å². The number of rotatable bonds is 5. The average Bonchev–Trinajstić information content (AvgIpc) is 3.30. The van der Waals surface area contributed by atoms with E-state index < -0.39 is 5.97 Å². The second-order valence-electron chi connectivity index (χ2n) is 6.71. The van der Waals surface area contributed by atoms with Crippen molar-refractivity contribution in [2.45, 2.75) is 24.9 Å². The number of hydrogen-bond acceptors (Lipinski definition) is 4. The molecule has 2 N–H and O–H groups in total. The molecule has 138 valence electrons. The highest BCUT2D eigenvalue weighted by atomic mass is 32.2. The SMILES string of the molecule is Cc1cc(/C=C(/Sc2nc3ccccc3[nH]2)C(=O)O)ccc1N1CCCC1. The number of aryl methyl sites for hydroxylation is 1. The van der Waals surface area contributed by atoms with E-state index in [0.717, 1.165) is 41.4 Å². The topological polar surface area (TPSA) is 69.2 Å². The number of fused-ring (bicyclic) bond motifs is 1. The lowest BCUT2D eigenvalue weighted by Gasteiger charge is -2.20. The summed E-state index contributed by atoms with van der Waals surface area (Å²) in [6.07, 6.45) is 4.18. The number of thioether (sulfide) groups is 1. The molecule has 5 nitrogen and oxygen atoms in total. The van der Waals surface area contributed by atoms with E-state index in [2.05, 4.69) is 33.9 Å². The van der Waals surface area contributed by atoms with E-state index in [4.69, 9.17) is 0 Å². The number of benzene rings is 2. The number of aliphatic carboxylic acids is 1. The number of carboxylic acids is 1. The minimum absolute atomic E-state index is 0.238. The van der Waals surface area contributed by atoms with Crippen LogP contribution in [-0.4, -0.2) is 34.1 Å². The molecule has 1 fully saturated rings. The second kappa shape index (κ2) is 7.48. The fraction of sp³-hybridized carbons (Fsp3) is 0.238. The van der Waals surface area contributed by atoms with Crippen LogP contribution in [-0.2, 0) is 4.79 Å². The summed E-state index contributed by atoms with van der Waals surface area (Å²) in [4.78, 5) is 22.0. The number of imidazole rings is 1. The van der Waals surface area contributed by atoms with Crippen molar-refractivity contribution >= 4 is 40.5 Å². The molecule has 0 amide bonds. The van der Waals surface area contributed by atoms with Crippen molar-refractivity contribution in [2.24, 2.45) is 0 Å². The monoisotopic (exact) mass is 379 g/mol. The van der Waals surface area contributed by atoms with Gasteiger partial charge in [-0.15, -0.1) is 0 Å². The van der Waals surface area contributed by atoms with Crippen molar-refractivity contribution < 1.29 is 9.90 Å². The zero-order chi connectivity index (χ0) is 18.8. The standard InChI is InChI=1S/C21H21N3O2S/c1-14-12-15(8-9-18(14)24-10-4-5-11-24)13-19(20(25)26)27-21-22-16-6-2-3-7-17(16)23-21/h2-3,6-9,12-13H,4-5,10-11H2,1H3,(H,22,23)(H,25,26)/b19-13+. The lowest BCUT2D eigenvalue weighted by Crippen LogP contribution is -2.18. The molecular weight excluding hydrogens is 358 g/mol. The third kappa shape index (κ3) is 3.85. The third-order valence-electron chi connectivity index (χ3n) is 4.75. The van der Waals surface area contributed by atoms with Crippen LogP contribution in [0.2, 0.25) is 0 Å². The molecule has 0 aliphatic carbocycles. The maximum absolute atomic E-state index is 11.7. The van der Waals surface area contributed by atoms with Gasteiger partial charge in [-0.1, -0.05) is 18.2 Å². The first kappa shape index (κ1) is 17.7. The molecule has 0 atom stereocenters. The highest BCUT2D eigenvalue weighted by molar-refractivity contribution is 8.04. The molecule has 4 rings (SSSR count). The van der Waals surface area contributed by atoms with E-state index >= 15 is 0 Å². The Hall–Kier alpha value is -2.73. The number of aromatic nitrogens is 2. The minimum atomic E-state index is -0.957. The molecule has 0 unspecified atom stereocenters. The normalized spacial score (nSPS) is 14.9. The Morgan fingerprint density at radius 3 is 2.70 bits per heavy atom. The molecular formula is C21H21N3O2S. The number of nitrogens with zero attached hydrogens (tertiary/aromatic N) is 2. The van der Waals surface area contributed by atoms with Gasteiger partial charge in [0.15, 0.2) is 5.16 Å². The molecule has 3 aromatic rings. The molecule has 2 aromatic carbocycles. The maximum atomic E-state index is 11.7. The summed E-state index contributed by atoms with van der Waals surface area (Å²) in [6, 6.07) is 13.8. The van der Waals surface area contributed by atoms with E-state index in [1.54, 1.807) is 6.08 Å². The highest BCUT2D eigenvalue weighted by Gasteiger charge is 2.16. The third-order valence-corrected chi connectivity index (χ3v) is 5.65. The number of aromatic amines is 1. The Morgan fingerprint density at radius 2 is 2.00 bits per heavy atom. The maximum Gasteiger partial charge on any atom is 0.342 e. The van der Waals surface area contributed by atoms with Gasteiger partial charge in [-0.2, -0.15) is 0 Å². The summed E-state index contributed by atoms with van der Waals surface area (Å²) in [5, 5.41) is 10.2. The predicted molar refractivity (Wildman–Crippen MR) is 110 cm³/mol. The fourth-order valence-corrected chi connectivity index (χ4v) is 4.24. The molecule has 1 aliphatic rings. The van der Waals surface area contributed by atoms with Crippen molar-refractivity contribution in [2.75, 3.05) is 18.0 Å². The number of anilines is 1. The first-order valence-electron chi connectivity index (χ1n) is 9.03. The predicted octanol–water partition coefficient (Wildman–Crippen LogP) is 4.69. The van der Waals surface area contributed by atoms with Crippen LogP contribution < -0.4 is 4.90 Å². The molecule has 2 heterocycles. The lowest BCUT2D eigenvalue weighted by atomic mass is 10.1. The van der Waals surface area contributed by atoms with Gasteiger partial charge < -0.3 is 15.0 Å². The molecule has 0 radical (unpaired) electrons. The summed E-state index contributed by atoms with van der Waals surface area (Å²) >= 11 is 1.14. The van der Waals surface area contributed by atoms with Crippen LogP contribution in [0.25, 0.3) is 17.1 Å². The Bertz CT molecular complexity index is 986. The number of para-hydroxylation sites is 2. The fourth-order valence-electron chi connectivity index (χ4n) is 3.45. The van der Waals surface area contributed by atoms with Gasteiger partial charge in [-0.05, 0) is 73.0 Å². The van der Waals surface area contributed by atoms with Crippen LogP contribution in [0.15, 0.2) is 52.5 Å². The Morgan fingerprint density at radius 1 is 1.22 bits per heavy atom. The van der Waals surface area contributed by atoms with Crippen LogP contribution in [0.3, 0.4) is 0 Å². The Kier molecular flexibility index (Phi) is 4.90. The van der Waals surface area contributed by atoms with Gasteiger partial charge in [0.25, 0.3) is 0 Å². The molecule has 27 heavy (non-hydrogen) atoms. The summed E-state index contributed by atoms with van der Waals surface area (Å²) < 4.78 is 0. The zero-order valence-electron chi connectivity index (χ0n) is 15.1. The molecule has 6 heteroatoms. The number of carbonyl (C=O) groups is 1. The van der Waals surface area contributed by atoms with Crippen LogP contribution in [0.4, 0.5) is 5.69 Å². The van der Waals surface area contributed by atoms with Gasteiger partial charge >= 0.3 is 5.97 Å². The van der Waals surface area contributed by atoms with E-state index in [1.165, 1.54) is 24.1 Å². The average molecular weight is 379 g/mol. The smallest absolute Gasteiger partial charge is 0.342 e. The van der Waals surface area contributed by atoms with Gasteiger partial charge in [0.2, 0.25) is 0 Å². The molecule has 1 aromatic heterocycles. The van der Waals surface area contributed by atoms with Gasteiger partial charge in [0.1, 0.15) is 4.91 Å². The second-order valence-corrected chi connectivity index (χ2v) is 7.75. The lowest BCUT2D eigenvalue weighted by molar-refractivity contribution is -0.131. The van der Waals surface area contributed by atoms with Gasteiger partial charge in [-0.25, -0.2) is 9.78 Å². The summed E-state index contributed by atoms with van der Waals surface area (Å²) in [7, 11) is 0. The van der Waals surface area contributed by atoms with Crippen molar-refractivity contribution in [3.63, 3.8) is 0 Å². The molecule has 1 aliphatic heterocycles. The van der Waals surface area contributed by atoms with Crippen LogP contribution >= 0.6 is 11.8 Å². The number of H-pyrrole nitrogens is 1. The quantitative estimate of drug-likeness (QED) is 0.497. The van der Waals surface area contributed by atoms with Crippen molar-refractivity contribution in [3.05, 3.63) is 58.5 Å². The molecule has 0 bridgehead atoms. The highest BCUT2D eigenvalue weighted by Crippen LogP contribution is 2.30. The summed E-state index contributed by atoms with van der Waals surface area (Å²) in [5.41, 5.74) is 5.03. The first-order chi connectivity index (χ1) is 13.1. The summed E-state index contributed by atoms with van der Waals surface area (Å²) in [5.74, 6) is -0.957. The van der Waals surface area contributed by atoms with E-state index in [-0.39, 0.29) is 4.91 Å². The van der Waals surface area contributed by atoms with E-state index in [0.29, 0.717) is 5.16 Å². The number of carboxylic acid groups (broad SMARTS) is 1. The number of hydrogen-bond donors (Lipinski definition) is 2. The van der Waals surface area contributed by atoms with Crippen molar-refractivity contribution in [1.82, 2.24) is 9.97 Å². The Labute approximate surface area is 162 Å². The minimum Gasteiger partial charge on any atom is -0.477 e. The van der Waals surface area contributed by atoms with Crippen molar-refractivity contribution in [1.29, 1.82) is 0 Å².